The Labute approximate surface area is 159 Å². The average Bonchev–Trinajstić information content (AvgIpc) is 2.50. The minimum Gasteiger partial charge on any atom is -0.469 e. The molecule has 0 heterocycles. The van der Waals surface area contributed by atoms with Crippen LogP contribution in [0, 0.1) is 5.92 Å². The van der Waals surface area contributed by atoms with E-state index in [1.807, 2.05) is 0 Å². The van der Waals surface area contributed by atoms with Crippen molar-refractivity contribution in [3.05, 3.63) is 0 Å². The number of halogens is 1. The average molecular weight is 441 g/mol. The van der Waals surface area contributed by atoms with Crippen LogP contribution in [-0.2, 0) is 9.53 Å². The molecule has 0 saturated carbocycles. The summed E-state index contributed by atoms with van der Waals surface area (Å²) in [6.45, 7) is 6.35. The summed E-state index contributed by atoms with van der Waals surface area (Å²) < 4.78 is 4.61. The number of methoxy groups -OCH3 is 1. The number of aliphatic imine (C=N–C) groups is 1. The van der Waals surface area contributed by atoms with Crippen LogP contribution in [0.4, 0.5) is 0 Å². The number of unbranched alkanes of at least 4 members (excludes halogenated alkanes) is 4. The smallest absolute Gasteiger partial charge is 0.305 e. The van der Waals surface area contributed by atoms with E-state index in [1.54, 1.807) is 7.05 Å². The van der Waals surface area contributed by atoms with Gasteiger partial charge < -0.3 is 15.4 Å². The molecule has 0 aromatic rings. The highest BCUT2D eigenvalue weighted by atomic mass is 127. The number of carbonyl (C=O) groups is 1. The maximum Gasteiger partial charge on any atom is 0.305 e. The molecule has 23 heavy (non-hydrogen) atoms. The van der Waals surface area contributed by atoms with Gasteiger partial charge in [-0.1, -0.05) is 39.5 Å². The topological polar surface area (TPSA) is 62.7 Å². The third-order valence-corrected chi connectivity index (χ3v) is 3.55. The number of carbonyl (C=O) groups excluding carboxylic acids is 1. The second-order valence-corrected chi connectivity index (χ2v) is 6.06. The quantitative estimate of drug-likeness (QED) is 0.159. The van der Waals surface area contributed by atoms with Crippen LogP contribution in [0.15, 0.2) is 4.99 Å². The van der Waals surface area contributed by atoms with Gasteiger partial charge in [0.25, 0.3) is 0 Å². The molecule has 0 unspecified atom stereocenters. The minimum absolute atomic E-state index is 0. The molecule has 6 heteroatoms. The molecule has 0 saturated heterocycles. The summed E-state index contributed by atoms with van der Waals surface area (Å²) in [5, 5.41) is 6.59. The molecule has 0 atom stereocenters. The Morgan fingerprint density at radius 2 is 1.57 bits per heavy atom. The largest absolute Gasteiger partial charge is 0.469 e. The van der Waals surface area contributed by atoms with Gasteiger partial charge >= 0.3 is 5.97 Å². The van der Waals surface area contributed by atoms with E-state index in [0.29, 0.717) is 6.42 Å². The van der Waals surface area contributed by atoms with E-state index in [9.17, 15) is 4.79 Å². The van der Waals surface area contributed by atoms with Gasteiger partial charge in [-0.15, -0.1) is 24.0 Å². The summed E-state index contributed by atoms with van der Waals surface area (Å²) >= 11 is 0. The normalized spacial score (nSPS) is 11.1. The highest BCUT2D eigenvalue weighted by Gasteiger charge is 2.00. The molecule has 0 aliphatic heterocycles. The minimum atomic E-state index is -0.139. The molecule has 0 spiro atoms. The van der Waals surface area contributed by atoms with Crippen molar-refractivity contribution in [2.75, 3.05) is 27.2 Å². The van der Waals surface area contributed by atoms with Crippen LogP contribution in [0.3, 0.4) is 0 Å². The van der Waals surface area contributed by atoms with Gasteiger partial charge in [0.05, 0.1) is 7.11 Å². The van der Waals surface area contributed by atoms with Crippen molar-refractivity contribution < 1.29 is 9.53 Å². The van der Waals surface area contributed by atoms with Gasteiger partial charge in [0, 0.05) is 26.6 Å². The maximum atomic E-state index is 11.0. The van der Waals surface area contributed by atoms with Crippen LogP contribution in [0.2, 0.25) is 0 Å². The molecule has 0 aliphatic carbocycles. The second-order valence-electron chi connectivity index (χ2n) is 6.06. The molecule has 0 fully saturated rings. The maximum absolute atomic E-state index is 11.0. The van der Waals surface area contributed by atoms with Crippen LogP contribution < -0.4 is 10.6 Å². The lowest BCUT2D eigenvalue weighted by molar-refractivity contribution is -0.140. The Bertz CT molecular complexity index is 310. The summed E-state index contributed by atoms with van der Waals surface area (Å²) in [4.78, 5) is 15.2. The van der Waals surface area contributed by atoms with Crippen LogP contribution in [0.25, 0.3) is 0 Å². The van der Waals surface area contributed by atoms with Crippen molar-refractivity contribution in [1.29, 1.82) is 0 Å². The van der Waals surface area contributed by atoms with Crippen molar-refractivity contribution >= 4 is 35.9 Å². The Balaban J connectivity index is 0. The molecule has 0 aromatic carbocycles. The molecule has 2 N–H and O–H groups in total. The van der Waals surface area contributed by atoms with Gasteiger partial charge in [-0.2, -0.15) is 0 Å². The van der Waals surface area contributed by atoms with Crippen LogP contribution in [0.1, 0.15) is 65.2 Å². The predicted octanol–water partition coefficient (Wildman–Crippen LogP) is 3.72. The van der Waals surface area contributed by atoms with Gasteiger partial charge in [-0.05, 0) is 25.2 Å². The van der Waals surface area contributed by atoms with Gasteiger partial charge in [-0.25, -0.2) is 0 Å². The fraction of sp³-hybridized carbons (Fsp3) is 0.882. The van der Waals surface area contributed by atoms with Crippen LogP contribution in [0.5, 0.6) is 0 Å². The van der Waals surface area contributed by atoms with Crippen LogP contribution >= 0.6 is 24.0 Å². The lowest BCUT2D eigenvalue weighted by Crippen LogP contribution is -2.38. The molecule has 0 amide bonds. The highest BCUT2D eigenvalue weighted by Crippen LogP contribution is 2.08. The first kappa shape index (κ1) is 24.7. The summed E-state index contributed by atoms with van der Waals surface area (Å²) in [6, 6.07) is 0. The van der Waals surface area contributed by atoms with E-state index in [4.69, 9.17) is 0 Å². The third kappa shape index (κ3) is 17.7. The zero-order valence-electron chi connectivity index (χ0n) is 15.3. The Hall–Kier alpha value is -0.530. The van der Waals surface area contributed by atoms with E-state index < -0.39 is 0 Å². The first-order valence-corrected chi connectivity index (χ1v) is 8.61. The Morgan fingerprint density at radius 1 is 1.00 bits per heavy atom. The molecular formula is C17H36IN3O2. The summed E-state index contributed by atoms with van der Waals surface area (Å²) in [6.07, 6.45) is 8.71. The number of guanidine groups is 1. The molecule has 0 bridgehead atoms. The fourth-order valence-corrected chi connectivity index (χ4v) is 2.16. The third-order valence-electron chi connectivity index (χ3n) is 3.55. The highest BCUT2D eigenvalue weighted by molar-refractivity contribution is 14.0. The van der Waals surface area contributed by atoms with E-state index >= 15 is 0 Å². The molecule has 0 aliphatic rings. The standard InChI is InChI=1S/C17H35N3O2.HI/c1-15(2)11-7-5-6-9-13-19-17(18-3)20-14-10-8-12-16(21)22-4;/h15H,5-14H2,1-4H3,(H2,18,19,20);1H. The van der Waals surface area contributed by atoms with Crippen molar-refractivity contribution in [1.82, 2.24) is 10.6 Å². The van der Waals surface area contributed by atoms with E-state index in [1.165, 1.54) is 39.2 Å². The van der Waals surface area contributed by atoms with Crippen molar-refractivity contribution in [3.8, 4) is 0 Å². The van der Waals surface area contributed by atoms with Crippen LogP contribution in [-0.4, -0.2) is 39.2 Å². The number of rotatable bonds is 12. The van der Waals surface area contributed by atoms with E-state index in [0.717, 1.165) is 37.8 Å². The second kappa shape index (κ2) is 17.8. The number of hydrogen-bond acceptors (Lipinski definition) is 3. The van der Waals surface area contributed by atoms with Gasteiger partial charge in [0.1, 0.15) is 0 Å². The Morgan fingerprint density at radius 3 is 2.09 bits per heavy atom. The number of nitrogens with zero attached hydrogens (tertiary/aromatic N) is 1. The SMILES string of the molecule is CN=C(NCCCCCCC(C)C)NCCCCC(=O)OC.I. The van der Waals surface area contributed by atoms with Crippen molar-refractivity contribution in [2.24, 2.45) is 10.9 Å². The number of nitrogens with one attached hydrogen (secondary N) is 2. The first-order chi connectivity index (χ1) is 10.6. The molecule has 5 nitrogen and oxygen atoms in total. The predicted molar refractivity (Wildman–Crippen MR) is 109 cm³/mol. The lowest BCUT2D eigenvalue weighted by Gasteiger charge is -2.11. The monoisotopic (exact) mass is 441 g/mol. The molecule has 0 rings (SSSR count). The van der Waals surface area contributed by atoms with Gasteiger partial charge in [-0.3, -0.25) is 9.79 Å². The van der Waals surface area contributed by atoms with Gasteiger partial charge in [0.2, 0.25) is 0 Å². The van der Waals surface area contributed by atoms with E-state index in [2.05, 4.69) is 34.2 Å². The number of hydrogen-bond donors (Lipinski definition) is 2. The molecular weight excluding hydrogens is 405 g/mol. The van der Waals surface area contributed by atoms with E-state index in [-0.39, 0.29) is 29.9 Å². The first-order valence-electron chi connectivity index (χ1n) is 8.61. The zero-order chi connectivity index (χ0) is 16.6. The molecule has 0 radical (unpaired) electrons. The van der Waals surface area contributed by atoms with Crippen molar-refractivity contribution in [3.63, 3.8) is 0 Å². The summed E-state index contributed by atoms with van der Waals surface area (Å²) in [7, 11) is 3.21. The number of esters is 1. The van der Waals surface area contributed by atoms with Crippen molar-refractivity contribution in [2.45, 2.75) is 65.2 Å². The summed E-state index contributed by atoms with van der Waals surface area (Å²) in [5.74, 6) is 1.53. The fourth-order valence-electron chi connectivity index (χ4n) is 2.16. The summed E-state index contributed by atoms with van der Waals surface area (Å²) in [5.41, 5.74) is 0. The Kier molecular flexibility index (Phi) is 19.1. The molecule has 138 valence electrons. The number of ether oxygens (including phenoxy) is 1. The lowest BCUT2D eigenvalue weighted by atomic mass is 10.0. The molecule has 0 aromatic heterocycles. The van der Waals surface area contributed by atoms with Gasteiger partial charge in [0.15, 0.2) is 5.96 Å². The zero-order valence-corrected chi connectivity index (χ0v) is 17.7.